The number of carbonyl (C=O) groups is 4. The van der Waals surface area contributed by atoms with E-state index in [-0.39, 0.29) is 23.5 Å². The van der Waals surface area contributed by atoms with E-state index in [1.165, 1.54) is 45.6 Å². The largest absolute Gasteiger partial charge is 0.469 e. The third-order valence-corrected chi connectivity index (χ3v) is 4.66. The van der Waals surface area contributed by atoms with Crippen LogP contribution in [0.1, 0.15) is 103 Å². The summed E-state index contributed by atoms with van der Waals surface area (Å²) in [5.41, 5.74) is 0. The van der Waals surface area contributed by atoms with Crippen LogP contribution in [0.5, 0.6) is 0 Å². The highest BCUT2D eigenvalue weighted by Gasteiger charge is 2.04. The highest BCUT2D eigenvalue weighted by atomic mass is 35.5. The zero-order valence-electron chi connectivity index (χ0n) is 19.1. The number of ether oxygens (including phenoxy) is 1. The molecule has 0 rings (SSSR count). The molecule has 0 radical (unpaired) electrons. The van der Waals surface area contributed by atoms with E-state index in [4.69, 9.17) is 16.9 Å². The summed E-state index contributed by atoms with van der Waals surface area (Å²) in [6.45, 7) is 2.95. The molecule has 0 saturated heterocycles. The number of carbonyl (C=O) groups excluding carboxylic acids is 4. The van der Waals surface area contributed by atoms with Crippen molar-refractivity contribution in [1.29, 1.82) is 0 Å². The van der Waals surface area contributed by atoms with Crippen molar-refractivity contribution in [2.45, 2.75) is 103 Å². The van der Waals surface area contributed by atoms with Crippen molar-refractivity contribution in [3.05, 3.63) is 0 Å². The Kier molecular flexibility index (Phi) is 25.0. The van der Waals surface area contributed by atoms with Gasteiger partial charge in [-0.05, 0) is 43.7 Å². The lowest BCUT2D eigenvalue weighted by Gasteiger charge is -2.05. The Labute approximate surface area is 191 Å². The lowest BCUT2D eigenvalue weighted by Crippen LogP contribution is -2.24. The van der Waals surface area contributed by atoms with Gasteiger partial charge >= 0.3 is 11.9 Å². The second kappa shape index (κ2) is 24.6. The topological polar surface area (TPSA) is 119 Å². The summed E-state index contributed by atoms with van der Waals surface area (Å²) in [7, 11) is 1.34. The predicted molar refractivity (Wildman–Crippen MR) is 120 cm³/mol. The number of amides is 1. The fourth-order valence-electron chi connectivity index (χ4n) is 2.63. The van der Waals surface area contributed by atoms with Crippen molar-refractivity contribution >= 4 is 34.7 Å². The molecule has 182 valence electrons. The van der Waals surface area contributed by atoms with Crippen LogP contribution in [-0.2, 0) is 28.8 Å². The normalized spacial score (nSPS) is 9.94. The van der Waals surface area contributed by atoms with Crippen LogP contribution in [0.4, 0.5) is 0 Å². The molecule has 0 aliphatic heterocycles. The van der Waals surface area contributed by atoms with E-state index in [0.717, 1.165) is 13.0 Å². The molecule has 31 heavy (non-hydrogen) atoms. The molecule has 0 aliphatic carbocycles. The van der Waals surface area contributed by atoms with E-state index in [0.29, 0.717) is 44.9 Å². The van der Waals surface area contributed by atoms with Crippen LogP contribution in [0.3, 0.4) is 0 Å². The van der Waals surface area contributed by atoms with Crippen LogP contribution in [0, 0.1) is 0 Å². The maximum absolute atomic E-state index is 11.5. The Hall–Kier alpha value is -1.67. The summed E-state index contributed by atoms with van der Waals surface area (Å²) in [4.78, 5) is 46.3. The molecule has 1 amide bonds. The fraction of sp³-hybridized carbons (Fsp3) is 0.818. The minimum atomic E-state index is -0.645. The quantitative estimate of drug-likeness (QED) is 0.0969. The summed E-state index contributed by atoms with van der Waals surface area (Å²) < 4.78 is 4.40. The zero-order chi connectivity index (χ0) is 23.7. The molecule has 0 aromatic carbocycles. The third-order valence-electron chi connectivity index (χ3n) is 4.47. The maximum Gasteiger partial charge on any atom is 0.342 e. The van der Waals surface area contributed by atoms with Gasteiger partial charge in [-0.2, -0.15) is 5.26 Å². The van der Waals surface area contributed by atoms with Crippen molar-refractivity contribution in [2.24, 2.45) is 0 Å². The first kappa shape index (κ1) is 31.5. The number of methoxy groups -OCH3 is 1. The number of hydrogen-bond acceptors (Lipinski definition) is 7. The molecule has 0 atom stereocenters. The molecule has 0 fully saturated rings. The Morgan fingerprint density at radius 2 is 1.26 bits per heavy atom. The Bertz CT molecular complexity index is 486. The van der Waals surface area contributed by atoms with Crippen molar-refractivity contribution < 1.29 is 34.1 Å². The Balaban J connectivity index is 0. The van der Waals surface area contributed by atoms with E-state index in [1.54, 1.807) is 0 Å². The van der Waals surface area contributed by atoms with E-state index < -0.39 is 5.97 Å². The molecule has 0 saturated carbocycles. The molecular formula is C22H40ClNO7. The molecule has 0 aromatic rings. The lowest BCUT2D eigenvalue weighted by molar-refractivity contribution is -0.234. The summed E-state index contributed by atoms with van der Waals surface area (Å²) in [6, 6.07) is 0. The van der Waals surface area contributed by atoms with Gasteiger partial charge in [0.2, 0.25) is 11.1 Å². The summed E-state index contributed by atoms with van der Waals surface area (Å²) in [5.74, 6) is -0.853. The fourth-order valence-corrected chi connectivity index (χ4v) is 2.77. The average molecular weight is 466 g/mol. The molecule has 8 nitrogen and oxygen atoms in total. The van der Waals surface area contributed by atoms with Crippen LogP contribution < -0.4 is 5.32 Å². The minimum absolute atomic E-state index is 0.0355. The van der Waals surface area contributed by atoms with Gasteiger partial charge in [0.25, 0.3) is 0 Å². The van der Waals surface area contributed by atoms with Gasteiger partial charge in [-0.25, -0.2) is 4.79 Å². The molecule has 0 aliphatic rings. The van der Waals surface area contributed by atoms with Crippen LogP contribution in [0.2, 0.25) is 0 Å². The van der Waals surface area contributed by atoms with Crippen molar-refractivity contribution in [1.82, 2.24) is 5.32 Å². The van der Waals surface area contributed by atoms with Gasteiger partial charge in [-0.3, -0.25) is 14.4 Å². The smallest absolute Gasteiger partial charge is 0.342 e. The minimum Gasteiger partial charge on any atom is -0.469 e. The first-order valence-corrected chi connectivity index (χ1v) is 11.6. The molecule has 2 N–H and O–H groups in total. The first-order valence-electron chi connectivity index (χ1n) is 11.2. The third kappa shape index (κ3) is 28.3. The van der Waals surface area contributed by atoms with Crippen molar-refractivity contribution in [2.75, 3.05) is 13.7 Å². The highest BCUT2D eigenvalue weighted by Crippen LogP contribution is 2.06. The SMILES string of the molecule is CCCCCCCCCNC(=O)CCCCC(=O)OO.COC(=O)CCCCC(=O)Cl. The van der Waals surface area contributed by atoms with Crippen LogP contribution in [0.15, 0.2) is 0 Å². The molecule has 0 heterocycles. The van der Waals surface area contributed by atoms with Gasteiger partial charge in [-0.1, -0.05) is 45.4 Å². The summed E-state index contributed by atoms with van der Waals surface area (Å²) in [5, 5.41) is 10.6. The highest BCUT2D eigenvalue weighted by molar-refractivity contribution is 6.63. The van der Waals surface area contributed by atoms with E-state index >= 15 is 0 Å². The van der Waals surface area contributed by atoms with Gasteiger partial charge in [0.1, 0.15) is 0 Å². The number of halogens is 1. The average Bonchev–Trinajstić information content (AvgIpc) is 2.76. The first-order chi connectivity index (χ1) is 14.9. The van der Waals surface area contributed by atoms with Gasteiger partial charge in [0, 0.05) is 32.2 Å². The Morgan fingerprint density at radius 3 is 1.81 bits per heavy atom. The monoisotopic (exact) mass is 465 g/mol. The molecule has 9 heteroatoms. The predicted octanol–water partition coefficient (Wildman–Crippen LogP) is 4.92. The number of hydrogen-bond donors (Lipinski definition) is 2. The van der Waals surface area contributed by atoms with E-state index in [2.05, 4.69) is 21.9 Å². The molecule has 0 bridgehead atoms. The van der Waals surface area contributed by atoms with Gasteiger partial charge in [0.15, 0.2) is 0 Å². The van der Waals surface area contributed by atoms with Crippen LogP contribution >= 0.6 is 11.6 Å². The van der Waals surface area contributed by atoms with Gasteiger partial charge < -0.3 is 14.9 Å². The summed E-state index contributed by atoms with van der Waals surface area (Å²) in [6.07, 6.45) is 12.4. The number of rotatable bonds is 18. The number of esters is 1. The van der Waals surface area contributed by atoms with Crippen molar-refractivity contribution in [3.8, 4) is 0 Å². The van der Waals surface area contributed by atoms with Gasteiger partial charge in [0.05, 0.1) is 7.11 Å². The molecule has 0 aromatic heterocycles. The number of nitrogens with one attached hydrogen (secondary N) is 1. The second-order valence-electron chi connectivity index (χ2n) is 7.28. The van der Waals surface area contributed by atoms with Crippen molar-refractivity contribution in [3.63, 3.8) is 0 Å². The van der Waals surface area contributed by atoms with Crippen LogP contribution in [0.25, 0.3) is 0 Å². The summed E-state index contributed by atoms with van der Waals surface area (Å²) >= 11 is 5.07. The number of unbranched alkanes of at least 4 members (excludes halogenated alkanes) is 8. The van der Waals surface area contributed by atoms with E-state index in [9.17, 15) is 19.2 Å². The molecular weight excluding hydrogens is 426 g/mol. The maximum atomic E-state index is 11.5. The van der Waals surface area contributed by atoms with Crippen LogP contribution in [-0.4, -0.2) is 42.0 Å². The molecule has 0 spiro atoms. The zero-order valence-corrected chi connectivity index (χ0v) is 19.8. The second-order valence-corrected chi connectivity index (χ2v) is 7.70. The Morgan fingerprint density at radius 1 is 0.742 bits per heavy atom. The standard InChI is InChI=1S/C15H29NO4.C7H11ClO3/c1-2-3-4-5-6-7-10-13-16-14(17)11-8-9-12-15(18)20-19;1-11-7(10)5-3-2-4-6(8)9/h19H,2-13H2,1H3,(H,16,17);2-5H2,1H3. The molecule has 0 unspecified atom stereocenters. The van der Waals surface area contributed by atoms with E-state index in [1.807, 2.05) is 0 Å². The lowest BCUT2D eigenvalue weighted by atomic mass is 10.1. The van der Waals surface area contributed by atoms with Gasteiger partial charge in [-0.15, -0.1) is 0 Å².